The van der Waals surface area contributed by atoms with Crippen molar-refractivity contribution in [2.75, 3.05) is 11.4 Å². The largest absolute Gasteiger partial charge is 0.480 e. The van der Waals surface area contributed by atoms with Gasteiger partial charge in [-0.1, -0.05) is 18.2 Å². The van der Waals surface area contributed by atoms with Crippen LogP contribution in [0.5, 0.6) is 0 Å². The van der Waals surface area contributed by atoms with Gasteiger partial charge in [-0.2, -0.15) is 0 Å². The average Bonchev–Trinajstić information content (AvgIpc) is 2.44. The third kappa shape index (κ3) is 3.75. The van der Waals surface area contributed by atoms with E-state index in [-0.39, 0.29) is 18.7 Å². The summed E-state index contributed by atoms with van der Waals surface area (Å²) in [7, 11) is 0. The molecule has 110 valence electrons. The molecule has 6 heteroatoms. The number of carboxylic acid groups (broad SMARTS) is 1. The van der Waals surface area contributed by atoms with Gasteiger partial charge in [0.25, 0.3) is 0 Å². The SMILES string of the molecule is O=C(O)CN(Cc1cc(F)c(F)c(F)c1)c1ccccc1. The molecule has 0 bridgehead atoms. The van der Waals surface area contributed by atoms with Gasteiger partial charge >= 0.3 is 5.97 Å². The second-order valence-corrected chi connectivity index (χ2v) is 4.46. The molecule has 2 aromatic rings. The summed E-state index contributed by atoms with van der Waals surface area (Å²) in [4.78, 5) is 12.3. The molecule has 0 amide bonds. The number of halogens is 3. The minimum absolute atomic E-state index is 0.0512. The monoisotopic (exact) mass is 295 g/mol. The van der Waals surface area contributed by atoms with Crippen LogP contribution >= 0.6 is 0 Å². The van der Waals surface area contributed by atoms with Gasteiger partial charge in [0, 0.05) is 12.2 Å². The Morgan fingerprint density at radius 1 is 1.05 bits per heavy atom. The van der Waals surface area contributed by atoms with Crippen molar-refractivity contribution in [3.63, 3.8) is 0 Å². The molecule has 0 aliphatic heterocycles. The molecule has 21 heavy (non-hydrogen) atoms. The summed E-state index contributed by atoms with van der Waals surface area (Å²) < 4.78 is 39.3. The highest BCUT2D eigenvalue weighted by atomic mass is 19.2. The molecule has 0 unspecified atom stereocenters. The van der Waals surface area contributed by atoms with E-state index in [0.717, 1.165) is 12.1 Å². The Labute approximate surface area is 119 Å². The Morgan fingerprint density at radius 2 is 1.62 bits per heavy atom. The number of hydrogen-bond donors (Lipinski definition) is 1. The third-order valence-electron chi connectivity index (χ3n) is 2.86. The number of hydrogen-bond acceptors (Lipinski definition) is 2. The van der Waals surface area contributed by atoms with Gasteiger partial charge in [0.2, 0.25) is 0 Å². The number of anilines is 1. The highest BCUT2D eigenvalue weighted by Gasteiger charge is 2.15. The van der Waals surface area contributed by atoms with E-state index in [0.29, 0.717) is 5.69 Å². The second kappa shape index (κ2) is 6.30. The van der Waals surface area contributed by atoms with Crippen LogP contribution < -0.4 is 4.90 Å². The lowest BCUT2D eigenvalue weighted by molar-refractivity contribution is -0.135. The lowest BCUT2D eigenvalue weighted by Crippen LogP contribution is -2.29. The van der Waals surface area contributed by atoms with E-state index in [4.69, 9.17) is 5.11 Å². The molecular formula is C15H12F3NO2. The minimum atomic E-state index is -1.54. The van der Waals surface area contributed by atoms with Crippen LogP contribution in [-0.2, 0) is 11.3 Å². The summed E-state index contributed by atoms with van der Waals surface area (Å²) in [5.74, 6) is -5.22. The molecule has 0 saturated heterocycles. The van der Waals surface area contributed by atoms with Gasteiger partial charge in [0.15, 0.2) is 17.5 Å². The van der Waals surface area contributed by atoms with E-state index >= 15 is 0 Å². The Balaban J connectivity index is 2.29. The molecule has 0 saturated carbocycles. The first-order valence-corrected chi connectivity index (χ1v) is 6.12. The number of nitrogens with zero attached hydrogens (tertiary/aromatic N) is 1. The Morgan fingerprint density at radius 3 is 2.14 bits per heavy atom. The number of carbonyl (C=O) groups is 1. The molecule has 0 radical (unpaired) electrons. The molecule has 0 heterocycles. The summed E-state index contributed by atoms with van der Waals surface area (Å²) in [5, 5.41) is 8.93. The van der Waals surface area contributed by atoms with Crippen molar-refractivity contribution in [2.24, 2.45) is 0 Å². The normalized spacial score (nSPS) is 10.4. The predicted octanol–water partition coefficient (Wildman–Crippen LogP) is 3.20. The standard InChI is InChI=1S/C15H12F3NO2/c16-12-6-10(7-13(17)15(12)18)8-19(9-14(20)21)11-4-2-1-3-5-11/h1-7H,8-9H2,(H,20,21). The highest BCUT2D eigenvalue weighted by Crippen LogP contribution is 2.19. The fraction of sp³-hybridized carbons (Fsp3) is 0.133. The van der Waals surface area contributed by atoms with Crippen LogP contribution in [0.1, 0.15) is 5.56 Å². The van der Waals surface area contributed by atoms with Crippen molar-refractivity contribution >= 4 is 11.7 Å². The van der Waals surface area contributed by atoms with E-state index in [1.807, 2.05) is 0 Å². The number of benzene rings is 2. The lowest BCUT2D eigenvalue weighted by atomic mass is 10.1. The van der Waals surface area contributed by atoms with Crippen LogP contribution in [0.4, 0.5) is 18.9 Å². The fourth-order valence-corrected chi connectivity index (χ4v) is 1.96. The van der Waals surface area contributed by atoms with Crippen LogP contribution in [0.3, 0.4) is 0 Å². The topological polar surface area (TPSA) is 40.5 Å². The quantitative estimate of drug-likeness (QED) is 0.861. The molecule has 1 N–H and O–H groups in total. The van der Waals surface area contributed by atoms with Crippen LogP contribution in [-0.4, -0.2) is 17.6 Å². The summed E-state index contributed by atoms with van der Waals surface area (Å²) in [5.41, 5.74) is 0.738. The smallest absolute Gasteiger partial charge is 0.323 e. The van der Waals surface area contributed by atoms with Crippen LogP contribution in [0.25, 0.3) is 0 Å². The van der Waals surface area contributed by atoms with Gasteiger partial charge < -0.3 is 10.0 Å². The Bertz CT molecular complexity index is 624. The van der Waals surface area contributed by atoms with E-state index in [2.05, 4.69) is 0 Å². The number of aliphatic carboxylic acids is 1. The second-order valence-electron chi connectivity index (χ2n) is 4.46. The van der Waals surface area contributed by atoms with Crippen molar-refractivity contribution in [3.8, 4) is 0 Å². The van der Waals surface area contributed by atoms with E-state index < -0.39 is 23.4 Å². The molecular weight excluding hydrogens is 283 g/mol. The van der Waals surface area contributed by atoms with E-state index in [9.17, 15) is 18.0 Å². The zero-order chi connectivity index (χ0) is 15.4. The summed E-state index contributed by atoms with van der Waals surface area (Å²) >= 11 is 0. The van der Waals surface area contributed by atoms with Gasteiger partial charge in [-0.25, -0.2) is 13.2 Å². The molecule has 3 nitrogen and oxygen atoms in total. The maximum Gasteiger partial charge on any atom is 0.323 e. The van der Waals surface area contributed by atoms with Crippen LogP contribution in [0.2, 0.25) is 0 Å². The third-order valence-corrected chi connectivity index (χ3v) is 2.86. The lowest BCUT2D eigenvalue weighted by Gasteiger charge is -2.23. The minimum Gasteiger partial charge on any atom is -0.480 e. The Hall–Kier alpha value is -2.50. The molecule has 0 aromatic heterocycles. The maximum atomic E-state index is 13.2. The van der Waals surface area contributed by atoms with Crippen molar-refractivity contribution in [1.82, 2.24) is 0 Å². The number of carboxylic acids is 1. The van der Waals surface area contributed by atoms with E-state index in [1.165, 1.54) is 4.90 Å². The molecule has 0 aliphatic carbocycles. The van der Waals surface area contributed by atoms with Crippen molar-refractivity contribution < 1.29 is 23.1 Å². The first kappa shape index (κ1) is 14.9. The van der Waals surface area contributed by atoms with Crippen LogP contribution in [0, 0.1) is 17.5 Å². The Kier molecular flexibility index (Phi) is 4.47. The zero-order valence-electron chi connectivity index (χ0n) is 10.9. The highest BCUT2D eigenvalue weighted by molar-refractivity contribution is 5.73. The van der Waals surface area contributed by atoms with Crippen molar-refractivity contribution in [1.29, 1.82) is 0 Å². The number of rotatable bonds is 5. The maximum absolute atomic E-state index is 13.2. The van der Waals surface area contributed by atoms with Gasteiger partial charge in [0.1, 0.15) is 6.54 Å². The first-order valence-electron chi connectivity index (χ1n) is 6.12. The van der Waals surface area contributed by atoms with Crippen LogP contribution in [0.15, 0.2) is 42.5 Å². The molecule has 2 aromatic carbocycles. The van der Waals surface area contributed by atoms with Gasteiger partial charge in [-0.15, -0.1) is 0 Å². The summed E-state index contributed by atoms with van der Waals surface area (Å²) in [6.07, 6.45) is 0. The number of para-hydroxylation sites is 1. The summed E-state index contributed by atoms with van der Waals surface area (Å²) in [6.45, 7) is -0.394. The average molecular weight is 295 g/mol. The molecule has 0 aliphatic rings. The summed E-state index contributed by atoms with van der Waals surface area (Å²) in [6, 6.07) is 10.3. The van der Waals surface area contributed by atoms with Gasteiger partial charge in [-0.05, 0) is 29.8 Å². The molecule has 0 atom stereocenters. The molecule has 0 fully saturated rings. The van der Waals surface area contributed by atoms with Crippen molar-refractivity contribution in [3.05, 3.63) is 65.5 Å². The molecule has 0 spiro atoms. The fourth-order valence-electron chi connectivity index (χ4n) is 1.96. The molecule has 2 rings (SSSR count). The van der Waals surface area contributed by atoms with E-state index in [1.54, 1.807) is 30.3 Å². The predicted molar refractivity (Wildman–Crippen MR) is 71.4 cm³/mol. The van der Waals surface area contributed by atoms with Crippen molar-refractivity contribution in [2.45, 2.75) is 6.54 Å². The zero-order valence-corrected chi connectivity index (χ0v) is 10.9. The van der Waals surface area contributed by atoms with Gasteiger partial charge in [0.05, 0.1) is 0 Å². The first-order chi connectivity index (χ1) is 9.97. The van der Waals surface area contributed by atoms with Gasteiger partial charge in [-0.3, -0.25) is 4.79 Å².